The highest BCUT2D eigenvalue weighted by Crippen LogP contribution is 2.28. The van der Waals surface area contributed by atoms with E-state index in [2.05, 4.69) is 18.7 Å². The zero-order valence-electron chi connectivity index (χ0n) is 10.9. The average Bonchev–Trinajstić information content (AvgIpc) is 2.27. The summed E-state index contributed by atoms with van der Waals surface area (Å²) in [5, 5.41) is 7.31. The Morgan fingerprint density at radius 1 is 1.33 bits per heavy atom. The first-order chi connectivity index (χ1) is 8.47. The zero-order chi connectivity index (χ0) is 13.3. The predicted octanol–water partition coefficient (Wildman–Crippen LogP) is 2.59. The maximum Gasteiger partial charge on any atom is 0.147 e. The Hall–Kier alpha value is -1.58. The van der Waals surface area contributed by atoms with Gasteiger partial charge in [0.05, 0.1) is 5.69 Å². The van der Waals surface area contributed by atoms with Crippen molar-refractivity contribution in [3.05, 3.63) is 29.6 Å². The summed E-state index contributed by atoms with van der Waals surface area (Å²) in [5.41, 5.74) is 6.42. The van der Waals surface area contributed by atoms with E-state index in [1.54, 1.807) is 12.1 Å². The smallest absolute Gasteiger partial charge is 0.147 e. The molecule has 1 aliphatic rings. The molecular formula is C14H20FN3. The second-order valence-electron chi connectivity index (χ2n) is 5.43. The van der Waals surface area contributed by atoms with Gasteiger partial charge in [0.15, 0.2) is 0 Å². The molecule has 0 aliphatic carbocycles. The van der Waals surface area contributed by atoms with Crippen molar-refractivity contribution in [1.29, 1.82) is 5.41 Å². The molecule has 1 aromatic rings. The number of nitrogens with two attached hydrogens (primary N) is 1. The number of benzene rings is 1. The first kappa shape index (κ1) is 12.9. The van der Waals surface area contributed by atoms with E-state index in [0.29, 0.717) is 23.1 Å². The largest absolute Gasteiger partial charge is 0.384 e. The van der Waals surface area contributed by atoms with E-state index >= 15 is 0 Å². The molecule has 1 aromatic carbocycles. The Bertz CT molecular complexity index is 448. The van der Waals surface area contributed by atoms with Crippen LogP contribution in [0.4, 0.5) is 10.1 Å². The third kappa shape index (κ3) is 2.63. The summed E-state index contributed by atoms with van der Waals surface area (Å²) in [6.45, 7) is 6.18. The molecule has 1 aliphatic heterocycles. The highest BCUT2D eigenvalue weighted by atomic mass is 19.1. The van der Waals surface area contributed by atoms with Crippen LogP contribution >= 0.6 is 0 Å². The Labute approximate surface area is 107 Å². The number of rotatable bonds is 2. The second kappa shape index (κ2) is 4.96. The Morgan fingerprint density at radius 3 is 2.44 bits per heavy atom. The molecule has 3 nitrogen and oxygen atoms in total. The van der Waals surface area contributed by atoms with Crippen molar-refractivity contribution >= 4 is 11.5 Å². The number of halogens is 1. The van der Waals surface area contributed by atoms with E-state index in [1.807, 2.05) is 0 Å². The molecule has 3 N–H and O–H groups in total. The molecule has 0 spiro atoms. The number of anilines is 1. The minimum absolute atomic E-state index is 0.0965. The number of amidine groups is 1. The number of nitrogens with one attached hydrogen (secondary N) is 1. The van der Waals surface area contributed by atoms with Gasteiger partial charge in [-0.3, -0.25) is 5.41 Å². The molecule has 18 heavy (non-hydrogen) atoms. The molecule has 98 valence electrons. The lowest BCUT2D eigenvalue weighted by Gasteiger charge is -2.36. The molecule has 0 bridgehead atoms. The second-order valence-corrected chi connectivity index (χ2v) is 5.43. The molecule has 4 heteroatoms. The van der Waals surface area contributed by atoms with Gasteiger partial charge in [-0.15, -0.1) is 0 Å². The van der Waals surface area contributed by atoms with Crippen molar-refractivity contribution in [3.8, 4) is 0 Å². The molecule has 0 saturated carbocycles. The molecule has 1 fully saturated rings. The molecule has 2 rings (SSSR count). The van der Waals surface area contributed by atoms with Crippen molar-refractivity contribution in [2.24, 2.45) is 17.6 Å². The maximum absolute atomic E-state index is 14.1. The normalized spacial score (nSPS) is 24.1. The summed E-state index contributed by atoms with van der Waals surface area (Å²) >= 11 is 0. The average molecular weight is 249 g/mol. The molecule has 0 aromatic heterocycles. The monoisotopic (exact) mass is 249 g/mol. The van der Waals surface area contributed by atoms with Gasteiger partial charge in [-0.25, -0.2) is 4.39 Å². The van der Waals surface area contributed by atoms with E-state index in [9.17, 15) is 4.39 Å². The van der Waals surface area contributed by atoms with Gasteiger partial charge in [-0.05, 0) is 36.5 Å². The Kier molecular flexibility index (Phi) is 3.55. The third-order valence-corrected chi connectivity index (χ3v) is 3.47. The lowest BCUT2D eigenvalue weighted by Crippen LogP contribution is -2.39. The van der Waals surface area contributed by atoms with Gasteiger partial charge < -0.3 is 10.6 Å². The quantitative estimate of drug-likeness (QED) is 0.625. The van der Waals surface area contributed by atoms with E-state index in [4.69, 9.17) is 11.1 Å². The van der Waals surface area contributed by atoms with Crippen LogP contribution in [0.15, 0.2) is 18.2 Å². The summed E-state index contributed by atoms with van der Waals surface area (Å²) in [6.07, 6.45) is 1.20. The fourth-order valence-corrected chi connectivity index (χ4v) is 2.79. The maximum atomic E-state index is 14.1. The van der Waals surface area contributed by atoms with E-state index in [1.165, 1.54) is 12.5 Å². The molecule has 1 saturated heterocycles. The molecule has 2 atom stereocenters. The molecular weight excluding hydrogens is 229 g/mol. The van der Waals surface area contributed by atoms with Crippen molar-refractivity contribution in [3.63, 3.8) is 0 Å². The van der Waals surface area contributed by atoms with Gasteiger partial charge in [0.2, 0.25) is 0 Å². The number of nitrogens with zero attached hydrogens (tertiary/aromatic N) is 1. The van der Waals surface area contributed by atoms with E-state index in [0.717, 1.165) is 13.1 Å². The first-order valence-electron chi connectivity index (χ1n) is 6.36. The van der Waals surface area contributed by atoms with Crippen LogP contribution in [-0.4, -0.2) is 18.9 Å². The summed E-state index contributed by atoms with van der Waals surface area (Å²) in [5.74, 6) is 0.783. The van der Waals surface area contributed by atoms with Crippen LogP contribution in [0.25, 0.3) is 0 Å². The summed E-state index contributed by atoms with van der Waals surface area (Å²) in [7, 11) is 0. The first-order valence-corrected chi connectivity index (χ1v) is 6.36. The highest BCUT2D eigenvalue weighted by molar-refractivity contribution is 5.95. The van der Waals surface area contributed by atoms with Gasteiger partial charge in [-0.2, -0.15) is 0 Å². The highest BCUT2D eigenvalue weighted by Gasteiger charge is 2.23. The van der Waals surface area contributed by atoms with Crippen molar-refractivity contribution in [2.45, 2.75) is 20.3 Å². The minimum Gasteiger partial charge on any atom is -0.384 e. The van der Waals surface area contributed by atoms with Gasteiger partial charge in [0, 0.05) is 18.7 Å². The van der Waals surface area contributed by atoms with Gasteiger partial charge in [-0.1, -0.05) is 13.8 Å². The lowest BCUT2D eigenvalue weighted by molar-refractivity contribution is 0.354. The summed E-state index contributed by atoms with van der Waals surface area (Å²) in [4.78, 5) is 2.10. The van der Waals surface area contributed by atoms with Crippen LogP contribution in [-0.2, 0) is 0 Å². The molecule has 1 heterocycles. The van der Waals surface area contributed by atoms with E-state index in [-0.39, 0.29) is 11.7 Å². The lowest BCUT2D eigenvalue weighted by atomic mass is 9.91. The van der Waals surface area contributed by atoms with Crippen LogP contribution < -0.4 is 10.6 Å². The van der Waals surface area contributed by atoms with Crippen LogP contribution in [0.3, 0.4) is 0 Å². The van der Waals surface area contributed by atoms with Crippen LogP contribution in [0.5, 0.6) is 0 Å². The van der Waals surface area contributed by atoms with Crippen molar-refractivity contribution in [2.75, 3.05) is 18.0 Å². The fourth-order valence-electron chi connectivity index (χ4n) is 2.79. The van der Waals surface area contributed by atoms with Crippen LogP contribution in [0, 0.1) is 23.1 Å². The van der Waals surface area contributed by atoms with Gasteiger partial charge in [0.1, 0.15) is 11.7 Å². The summed E-state index contributed by atoms with van der Waals surface area (Å²) in [6, 6.07) is 4.79. The SMILES string of the molecule is CC1CC(C)CN(c2ccc(C(=N)N)cc2F)C1. The number of piperidine rings is 1. The van der Waals surface area contributed by atoms with Gasteiger partial charge >= 0.3 is 0 Å². The standard InChI is InChI=1S/C14H20FN3/c1-9-5-10(2)8-18(7-9)13-4-3-11(14(16)17)6-12(13)15/h3-4,6,9-10H,5,7-8H2,1-2H3,(H3,16,17). The number of nitrogen functional groups attached to an aromatic ring is 1. The molecule has 0 radical (unpaired) electrons. The zero-order valence-corrected chi connectivity index (χ0v) is 10.9. The van der Waals surface area contributed by atoms with Crippen molar-refractivity contribution in [1.82, 2.24) is 0 Å². The predicted molar refractivity (Wildman–Crippen MR) is 72.6 cm³/mol. The summed E-state index contributed by atoms with van der Waals surface area (Å²) < 4.78 is 14.1. The minimum atomic E-state index is -0.288. The van der Waals surface area contributed by atoms with E-state index < -0.39 is 0 Å². The number of hydrogen-bond donors (Lipinski definition) is 2. The molecule has 0 amide bonds. The molecule has 2 unspecified atom stereocenters. The van der Waals surface area contributed by atoms with Gasteiger partial charge in [0.25, 0.3) is 0 Å². The van der Waals surface area contributed by atoms with Crippen LogP contribution in [0.1, 0.15) is 25.8 Å². The fraction of sp³-hybridized carbons (Fsp3) is 0.500. The third-order valence-electron chi connectivity index (χ3n) is 3.47. The topological polar surface area (TPSA) is 53.1 Å². The Morgan fingerprint density at radius 2 is 1.94 bits per heavy atom. The number of hydrogen-bond acceptors (Lipinski definition) is 2. The van der Waals surface area contributed by atoms with Crippen LogP contribution in [0.2, 0.25) is 0 Å². The Balaban J connectivity index is 2.25. The van der Waals surface area contributed by atoms with Crippen molar-refractivity contribution < 1.29 is 4.39 Å².